The summed E-state index contributed by atoms with van der Waals surface area (Å²) in [7, 11) is 0. The first-order chi connectivity index (χ1) is 5.29. The zero-order valence-electron chi connectivity index (χ0n) is 7.30. The Bertz CT molecular complexity index is 186. The molecule has 1 radical (unpaired) electrons. The third kappa shape index (κ3) is 3.22. The van der Waals surface area contributed by atoms with Crippen LogP contribution in [0, 0.1) is 5.92 Å². The first kappa shape index (κ1) is 8.32. The van der Waals surface area contributed by atoms with E-state index in [0.717, 1.165) is 0 Å². The van der Waals surface area contributed by atoms with E-state index in [4.69, 9.17) is 0 Å². The van der Waals surface area contributed by atoms with Crippen molar-refractivity contribution in [1.29, 1.82) is 0 Å². The first-order valence-electron chi connectivity index (χ1n) is 4.12. The van der Waals surface area contributed by atoms with Crippen LogP contribution in [0.25, 0.3) is 0 Å². The van der Waals surface area contributed by atoms with Crippen LogP contribution in [-0.4, -0.2) is 0 Å². The fourth-order valence-electron chi connectivity index (χ4n) is 1.04. The lowest BCUT2D eigenvalue weighted by molar-refractivity contribution is 0.831. The van der Waals surface area contributed by atoms with Crippen molar-refractivity contribution in [3.8, 4) is 0 Å². The van der Waals surface area contributed by atoms with E-state index < -0.39 is 0 Å². The Balaban J connectivity index is 2.39. The van der Waals surface area contributed by atoms with Gasteiger partial charge in [0.2, 0.25) is 0 Å². The van der Waals surface area contributed by atoms with Gasteiger partial charge in [-0.1, -0.05) is 44.2 Å². The summed E-state index contributed by atoms with van der Waals surface area (Å²) in [5.74, 6) is 1.51. The van der Waals surface area contributed by atoms with Crippen molar-refractivity contribution < 1.29 is 0 Å². The summed E-state index contributed by atoms with van der Waals surface area (Å²) in [6.45, 7) is 4.37. The normalized spacial score (nSPS) is 10.5. The predicted molar refractivity (Wildman–Crippen MR) is 49.4 cm³/mol. The minimum atomic E-state index is 1.18. The molecular formula is C11H15. The summed E-state index contributed by atoms with van der Waals surface area (Å²) < 4.78 is 0. The number of benzene rings is 1. The van der Waals surface area contributed by atoms with Gasteiger partial charge in [0.05, 0.1) is 0 Å². The van der Waals surface area contributed by atoms with Crippen molar-refractivity contribution in [1.82, 2.24) is 0 Å². The first-order valence-corrected chi connectivity index (χ1v) is 4.12. The van der Waals surface area contributed by atoms with Crippen LogP contribution in [0.4, 0.5) is 0 Å². The topological polar surface area (TPSA) is 0 Å². The molecule has 11 heavy (non-hydrogen) atoms. The van der Waals surface area contributed by atoms with Gasteiger partial charge in [0.1, 0.15) is 0 Å². The van der Waals surface area contributed by atoms with E-state index in [1.54, 1.807) is 0 Å². The molecule has 1 aromatic carbocycles. The molecule has 0 aliphatic rings. The molecule has 0 spiro atoms. The zero-order valence-corrected chi connectivity index (χ0v) is 7.30. The van der Waals surface area contributed by atoms with Crippen LogP contribution in [0.1, 0.15) is 25.8 Å². The van der Waals surface area contributed by atoms with Crippen LogP contribution in [-0.2, 0) is 6.42 Å². The maximum absolute atomic E-state index is 2.18. The third-order valence-corrected chi connectivity index (χ3v) is 1.76. The lowest BCUT2D eigenvalue weighted by Gasteiger charge is -2.02. The second-order valence-electron chi connectivity index (χ2n) is 3.19. The molecule has 0 N–H and O–H groups in total. The van der Waals surface area contributed by atoms with Gasteiger partial charge in [-0.2, -0.15) is 0 Å². The number of hydrogen-bond acceptors (Lipinski definition) is 0. The van der Waals surface area contributed by atoms with E-state index in [9.17, 15) is 0 Å². The fraction of sp³-hybridized carbons (Fsp3) is 0.364. The quantitative estimate of drug-likeness (QED) is 0.615. The van der Waals surface area contributed by atoms with Gasteiger partial charge in [0.25, 0.3) is 0 Å². The highest BCUT2D eigenvalue weighted by Crippen LogP contribution is 2.09. The summed E-state index contributed by atoms with van der Waals surface area (Å²) in [5, 5.41) is 0. The van der Waals surface area contributed by atoms with E-state index in [2.05, 4.69) is 44.2 Å². The van der Waals surface area contributed by atoms with Crippen molar-refractivity contribution in [2.24, 2.45) is 0 Å². The maximum atomic E-state index is 2.18. The molecule has 1 aromatic rings. The lowest BCUT2D eigenvalue weighted by atomic mass is 10.0. The minimum absolute atomic E-state index is 1.18. The molecule has 0 amide bonds. The molecule has 0 bridgehead atoms. The Morgan fingerprint density at radius 1 is 1.09 bits per heavy atom. The van der Waals surface area contributed by atoms with Crippen molar-refractivity contribution in [3.63, 3.8) is 0 Å². The molecule has 0 nitrogen and oxygen atoms in total. The fourth-order valence-corrected chi connectivity index (χ4v) is 1.04. The van der Waals surface area contributed by atoms with Crippen molar-refractivity contribution in [2.45, 2.75) is 26.7 Å². The lowest BCUT2D eigenvalue weighted by Crippen LogP contribution is -1.89. The van der Waals surface area contributed by atoms with Gasteiger partial charge < -0.3 is 0 Å². The van der Waals surface area contributed by atoms with Gasteiger partial charge in [0, 0.05) is 0 Å². The summed E-state index contributed by atoms with van der Waals surface area (Å²) >= 11 is 0. The Kier molecular flexibility index (Phi) is 3.15. The molecular weight excluding hydrogens is 132 g/mol. The van der Waals surface area contributed by atoms with Gasteiger partial charge in [-0.25, -0.2) is 0 Å². The van der Waals surface area contributed by atoms with Crippen molar-refractivity contribution in [2.75, 3.05) is 0 Å². The highest BCUT2D eigenvalue weighted by molar-refractivity contribution is 5.15. The van der Waals surface area contributed by atoms with E-state index in [0.29, 0.717) is 0 Å². The number of rotatable bonds is 3. The Morgan fingerprint density at radius 3 is 2.27 bits per heavy atom. The monoisotopic (exact) mass is 147 g/mol. The molecule has 0 saturated carbocycles. The summed E-state index contributed by atoms with van der Waals surface area (Å²) in [4.78, 5) is 0. The standard InChI is InChI=1S/C11H15/c1-10(2)8-9-11-6-4-3-5-7-11/h3-7H,8-9H2,1-2H3. The summed E-state index contributed by atoms with van der Waals surface area (Å²) in [6, 6.07) is 10.6. The van der Waals surface area contributed by atoms with Gasteiger partial charge >= 0.3 is 0 Å². The van der Waals surface area contributed by atoms with Crippen molar-refractivity contribution in [3.05, 3.63) is 41.8 Å². The number of hydrogen-bond donors (Lipinski definition) is 0. The second kappa shape index (κ2) is 4.17. The van der Waals surface area contributed by atoms with Gasteiger partial charge in [-0.05, 0) is 24.3 Å². The predicted octanol–water partition coefficient (Wildman–Crippen LogP) is 3.23. The van der Waals surface area contributed by atoms with Crippen LogP contribution in [0.5, 0.6) is 0 Å². The molecule has 0 fully saturated rings. The second-order valence-corrected chi connectivity index (χ2v) is 3.19. The smallest absolute Gasteiger partial charge is 0.0274 e. The highest BCUT2D eigenvalue weighted by atomic mass is 14.0. The molecule has 0 heteroatoms. The van der Waals surface area contributed by atoms with Gasteiger partial charge in [0.15, 0.2) is 0 Å². The third-order valence-electron chi connectivity index (χ3n) is 1.76. The zero-order chi connectivity index (χ0) is 8.10. The largest absolute Gasteiger partial charge is 0.0622 e. The van der Waals surface area contributed by atoms with Crippen molar-refractivity contribution >= 4 is 0 Å². The molecule has 1 rings (SSSR count). The van der Waals surface area contributed by atoms with Gasteiger partial charge in [-0.15, -0.1) is 0 Å². The maximum Gasteiger partial charge on any atom is -0.0274 e. The van der Waals surface area contributed by atoms with E-state index in [1.807, 2.05) is 0 Å². The van der Waals surface area contributed by atoms with Crippen LogP contribution in [0.3, 0.4) is 0 Å². The Labute approximate surface area is 69.3 Å². The van der Waals surface area contributed by atoms with E-state index in [-0.39, 0.29) is 0 Å². The minimum Gasteiger partial charge on any atom is -0.0622 e. The highest BCUT2D eigenvalue weighted by Gasteiger charge is 1.94. The molecule has 0 heterocycles. The van der Waals surface area contributed by atoms with Crippen LogP contribution in [0.2, 0.25) is 0 Å². The Morgan fingerprint density at radius 2 is 1.73 bits per heavy atom. The SMILES string of the molecule is C[C](C)CCc1ccccc1. The molecule has 0 aliphatic carbocycles. The number of aryl methyl sites for hydroxylation is 1. The van der Waals surface area contributed by atoms with Crippen LogP contribution >= 0.6 is 0 Å². The molecule has 0 saturated heterocycles. The Hall–Kier alpha value is -0.780. The molecule has 0 unspecified atom stereocenters. The van der Waals surface area contributed by atoms with E-state index in [1.165, 1.54) is 24.3 Å². The van der Waals surface area contributed by atoms with Crippen LogP contribution in [0.15, 0.2) is 30.3 Å². The average molecular weight is 147 g/mol. The summed E-state index contributed by atoms with van der Waals surface area (Å²) in [5.41, 5.74) is 1.44. The summed E-state index contributed by atoms with van der Waals surface area (Å²) in [6.07, 6.45) is 2.40. The molecule has 0 aromatic heterocycles. The van der Waals surface area contributed by atoms with E-state index >= 15 is 0 Å². The molecule has 0 atom stereocenters. The molecule has 0 aliphatic heterocycles. The average Bonchev–Trinajstić information content (AvgIpc) is 2.03. The van der Waals surface area contributed by atoms with Gasteiger partial charge in [-0.3, -0.25) is 0 Å². The molecule has 59 valence electrons. The van der Waals surface area contributed by atoms with Crippen LogP contribution < -0.4 is 0 Å².